The van der Waals surface area contributed by atoms with Gasteiger partial charge >= 0.3 is 5.97 Å². The van der Waals surface area contributed by atoms with Crippen molar-refractivity contribution in [2.24, 2.45) is 0 Å². The fraction of sp³-hybridized carbons (Fsp3) is 0.800. The van der Waals surface area contributed by atoms with Crippen molar-refractivity contribution in [2.45, 2.75) is 31.7 Å². The highest BCUT2D eigenvalue weighted by Gasteiger charge is 2.26. The van der Waals surface area contributed by atoms with Crippen LogP contribution in [0.15, 0.2) is 0 Å². The second-order valence-corrected chi connectivity index (χ2v) is 6.32. The minimum absolute atomic E-state index is 0.0105. The lowest BCUT2D eigenvalue weighted by Crippen LogP contribution is -2.48. The number of hydrogen-bond donors (Lipinski definition) is 2. The van der Waals surface area contributed by atoms with Crippen molar-refractivity contribution >= 4 is 21.9 Å². The Morgan fingerprint density at radius 3 is 2.78 bits per heavy atom. The molecule has 0 aromatic heterocycles. The molecule has 104 valence electrons. The van der Waals surface area contributed by atoms with E-state index in [1.54, 1.807) is 7.05 Å². The Morgan fingerprint density at radius 1 is 1.56 bits per heavy atom. The predicted octanol–water partition coefficient (Wildman–Crippen LogP) is -0.609. The zero-order valence-electron chi connectivity index (χ0n) is 10.3. The van der Waals surface area contributed by atoms with Crippen LogP contribution in [0, 0.1) is 0 Å². The fourth-order valence-corrected chi connectivity index (χ4v) is 3.18. The first kappa shape index (κ1) is 14.9. The summed E-state index contributed by atoms with van der Waals surface area (Å²) in [6, 6.07) is -0.275. The standard InChI is InChI=1S/C10H18N2O5S/c1-12-7-8(4-5-9(12)13)11-18(16,17)6-2-3-10(14)15/h8,11H,2-7H2,1H3,(H,14,15). The van der Waals surface area contributed by atoms with E-state index in [0.717, 1.165) is 0 Å². The summed E-state index contributed by atoms with van der Waals surface area (Å²) in [4.78, 5) is 23.0. The monoisotopic (exact) mass is 278 g/mol. The van der Waals surface area contributed by atoms with Gasteiger partial charge in [-0.05, 0) is 12.8 Å². The van der Waals surface area contributed by atoms with Crippen LogP contribution in [0.2, 0.25) is 0 Å². The lowest BCUT2D eigenvalue weighted by Gasteiger charge is -2.29. The first-order valence-corrected chi connectivity index (χ1v) is 7.41. The lowest BCUT2D eigenvalue weighted by molar-refractivity contribution is -0.137. The van der Waals surface area contributed by atoms with Crippen LogP contribution in [0.1, 0.15) is 25.7 Å². The van der Waals surface area contributed by atoms with Crippen LogP contribution in [-0.4, -0.2) is 55.7 Å². The molecule has 7 nitrogen and oxygen atoms in total. The number of likely N-dealkylation sites (tertiary alicyclic amines) is 1. The number of amides is 1. The van der Waals surface area contributed by atoms with Gasteiger partial charge in [-0.1, -0.05) is 0 Å². The average molecular weight is 278 g/mol. The number of carbonyl (C=O) groups is 2. The van der Waals surface area contributed by atoms with Gasteiger partial charge in [0.25, 0.3) is 0 Å². The van der Waals surface area contributed by atoms with E-state index in [1.807, 2.05) is 0 Å². The molecule has 1 heterocycles. The molecular weight excluding hydrogens is 260 g/mol. The van der Waals surface area contributed by atoms with Crippen LogP contribution < -0.4 is 4.72 Å². The molecule has 0 aromatic rings. The molecule has 1 saturated heterocycles. The summed E-state index contributed by atoms with van der Waals surface area (Å²) < 4.78 is 25.8. The number of sulfonamides is 1. The number of piperidine rings is 1. The summed E-state index contributed by atoms with van der Waals surface area (Å²) in [6.07, 6.45) is 0.746. The van der Waals surface area contributed by atoms with Crippen molar-refractivity contribution in [3.63, 3.8) is 0 Å². The number of carboxylic acids is 1. The van der Waals surface area contributed by atoms with E-state index >= 15 is 0 Å². The summed E-state index contributed by atoms with van der Waals surface area (Å²) in [5.41, 5.74) is 0. The van der Waals surface area contributed by atoms with Crippen molar-refractivity contribution in [2.75, 3.05) is 19.3 Å². The number of carboxylic acid groups (broad SMARTS) is 1. The number of likely N-dealkylation sites (N-methyl/N-ethyl adjacent to an activating group) is 1. The maximum absolute atomic E-state index is 11.7. The predicted molar refractivity (Wildman–Crippen MR) is 64.5 cm³/mol. The zero-order valence-corrected chi connectivity index (χ0v) is 11.1. The molecule has 1 atom stereocenters. The molecule has 0 aromatic carbocycles. The first-order valence-electron chi connectivity index (χ1n) is 5.76. The van der Waals surface area contributed by atoms with E-state index in [-0.39, 0.29) is 30.5 Å². The molecule has 0 aliphatic carbocycles. The highest BCUT2D eigenvalue weighted by atomic mass is 32.2. The third-order valence-electron chi connectivity index (χ3n) is 2.78. The van der Waals surface area contributed by atoms with Gasteiger partial charge in [0.1, 0.15) is 0 Å². The summed E-state index contributed by atoms with van der Waals surface area (Å²) in [6.45, 7) is 0.358. The molecule has 0 saturated carbocycles. The molecule has 8 heteroatoms. The maximum Gasteiger partial charge on any atom is 0.303 e. The van der Waals surface area contributed by atoms with E-state index in [4.69, 9.17) is 5.11 Å². The second-order valence-electron chi connectivity index (χ2n) is 4.44. The summed E-state index contributed by atoms with van der Waals surface area (Å²) in [5, 5.41) is 8.44. The van der Waals surface area contributed by atoms with E-state index in [2.05, 4.69) is 4.72 Å². The van der Waals surface area contributed by atoms with Gasteiger partial charge in [0.05, 0.1) is 5.75 Å². The maximum atomic E-state index is 11.7. The van der Waals surface area contributed by atoms with Gasteiger partial charge in [0, 0.05) is 32.5 Å². The number of carbonyl (C=O) groups excluding carboxylic acids is 1. The van der Waals surface area contributed by atoms with Gasteiger partial charge in [-0.3, -0.25) is 9.59 Å². The Kier molecular flexibility index (Phi) is 5.09. The number of aliphatic carboxylic acids is 1. The molecule has 1 fully saturated rings. The van der Waals surface area contributed by atoms with Crippen molar-refractivity contribution in [3.8, 4) is 0 Å². The van der Waals surface area contributed by atoms with Crippen LogP contribution >= 0.6 is 0 Å². The fourth-order valence-electron chi connectivity index (χ4n) is 1.83. The van der Waals surface area contributed by atoms with Gasteiger partial charge in [0.2, 0.25) is 15.9 Å². The van der Waals surface area contributed by atoms with Crippen LogP contribution in [0.25, 0.3) is 0 Å². The third-order valence-corrected chi connectivity index (χ3v) is 4.30. The van der Waals surface area contributed by atoms with Gasteiger partial charge < -0.3 is 10.0 Å². The number of hydrogen-bond acceptors (Lipinski definition) is 4. The van der Waals surface area contributed by atoms with Gasteiger partial charge in [-0.2, -0.15) is 0 Å². The average Bonchev–Trinajstić information content (AvgIpc) is 2.22. The van der Waals surface area contributed by atoms with Crippen molar-refractivity contribution in [1.29, 1.82) is 0 Å². The molecular formula is C10H18N2O5S. The SMILES string of the molecule is CN1CC(NS(=O)(=O)CCCC(=O)O)CCC1=O. The third kappa shape index (κ3) is 5.01. The smallest absolute Gasteiger partial charge is 0.303 e. The molecule has 2 N–H and O–H groups in total. The Bertz CT molecular complexity index is 420. The minimum atomic E-state index is -3.47. The Morgan fingerprint density at radius 2 is 2.22 bits per heavy atom. The molecule has 1 amide bonds. The highest BCUT2D eigenvalue weighted by molar-refractivity contribution is 7.89. The summed E-state index contributed by atoms with van der Waals surface area (Å²) >= 11 is 0. The van der Waals surface area contributed by atoms with Crippen LogP contribution in [0.4, 0.5) is 0 Å². The number of nitrogens with zero attached hydrogens (tertiary/aromatic N) is 1. The normalized spacial score (nSPS) is 21.1. The zero-order chi connectivity index (χ0) is 13.8. The summed E-state index contributed by atoms with van der Waals surface area (Å²) in [5.74, 6) is -1.20. The molecule has 1 aliphatic heterocycles. The van der Waals surface area contributed by atoms with Gasteiger partial charge in [0.15, 0.2) is 0 Å². The summed E-state index contributed by atoms with van der Waals surface area (Å²) in [7, 11) is -1.84. The van der Waals surface area contributed by atoms with Crippen LogP contribution in [0.3, 0.4) is 0 Å². The van der Waals surface area contributed by atoms with E-state index < -0.39 is 16.0 Å². The topological polar surface area (TPSA) is 104 Å². The molecule has 18 heavy (non-hydrogen) atoms. The van der Waals surface area contributed by atoms with E-state index in [1.165, 1.54) is 4.90 Å². The number of rotatable bonds is 6. The van der Waals surface area contributed by atoms with Gasteiger partial charge in [-0.15, -0.1) is 0 Å². The Balaban J connectivity index is 2.41. The van der Waals surface area contributed by atoms with Crippen LogP contribution in [-0.2, 0) is 19.6 Å². The minimum Gasteiger partial charge on any atom is -0.481 e. The van der Waals surface area contributed by atoms with Crippen molar-refractivity contribution in [3.05, 3.63) is 0 Å². The first-order chi connectivity index (χ1) is 8.30. The van der Waals surface area contributed by atoms with E-state index in [9.17, 15) is 18.0 Å². The molecule has 1 unspecified atom stereocenters. The largest absolute Gasteiger partial charge is 0.481 e. The van der Waals surface area contributed by atoms with E-state index in [0.29, 0.717) is 19.4 Å². The molecule has 1 rings (SSSR count). The molecule has 0 spiro atoms. The Labute approximate surface area is 106 Å². The molecule has 1 aliphatic rings. The quantitative estimate of drug-likeness (QED) is 0.674. The second kappa shape index (κ2) is 6.14. The van der Waals surface area contributed by atoms with Crippen molar-refractivity contribution in [1.82, 2.24) is 9.62 Å². The molecule has 0 radical (unpaired) electrons. The number of nitrogens with one attached hydrogen (secondary N) is 1. The van der Waals surface area contributed by atoms with Crippen molar-refractivity contribution < 1.29 is 23.1 Å². The molecule has 0 bridgehead atoms. The lowest BCUT2D eigenvalue weighted by atomic mass is 10.1. The van der Waals surface area contributed by atoms with Crippen LogP contribution in [0.5, 0.6) is 0 Å². The van der Waals surface area contributed by atoms with Gasteiger partial charge in [-0.25, -0.2) is 13.1 Å². The Hall–Kier alpha value is -1.15. The highest BCUT2D eigenvalue weighted by Crippen LogP contribution is 2.11.